The Hall–Kier alpha value is -1.10. The first-order valence-corrected chi connectivity index (χ1v) is 6.33. The van der Waals surface area contributed by atoms with Gasteiger partial charge < -0.3 is 4.42 Å². The summed E-state index contributed by atoms with van der Waals surface area (Å²) in [4.78, 5) is 0. The van der Waals surface area contributed by atoms with Crippen molar-refractivity contribution in [2.75, 3.05) is 0 Å². The summed E-state index contributed by atoms with van der Waals surface area (Å²) in [5, 5.41) is 0. The van der Waals surface area contributed by atoms with E-state index < -0.39 is 0 Å². The molecule has 0 aliphatic carbocycles. The van der Waals surface area contributed by atoms with Crippen LogP contribution in [0.2, 0.25) is 0 Å². The fourth-order valence-corrected chi connectivity index (χ4v) is 2.35. The topological polar surface area (TPSA) is 51.2 Å². The molecule has 1 atom stereocenters. The van der Waals surface area contributed by atoms with E-state index in [2.05, 4.69) is 33.5 Å². The van der Waals surface area contributed by atoms with Gasteiger partial charge in [-0.05, 0) is 40.4 Å². The highest BCUT2D eigenvalue weighted by Gasteiger charge is 2.14. The van der Waals surface area contributed by atoms with E-state index in [0.717, 1.165) is 23.1 Å². The van der Waals surface area contributed by atoms with Crippen molar-refractivity contribution in [1.82, 2.24) is 5.43 Å². The summed E-state index contributed by atoms with van der Waals surface area (Å²) in [6, 6.07) is 12.4. The molecule has 0 spiro atoms. The average molecular weight is 295 g/mol. The number of nitrogens with one attached hydrogen (secondary N) is 1. The molecule has 1 aromatic carbocycles. The fraction of sp³-hybridized carbons (Fsp3) is 0.231. The van der Waals surface area contributed by atoms with Gasteiger partial charge >= 0.3 is 0 Å². The lowest BCUT2D eigenvalue weighted by Crippen LogP contribution is -2.28. The minimum Gasteiger partial charge on any atom is -0.457 e. The minimum absolute atomic E-state index is 0.100. The summed E-state index contributed by atoms with van der Waals surface area (Å²) in [6.45, 7) is 0. The molecule has 0 bridgehead atoms. The van der Waals surface area contributed by atoms with Crippen LogP contribution in [0, 0.1) is 0 Å². The first-order chi connectivity index (χ1) is 8.31. The van der Waals surface area contributed by atoms with E-state index in [1.165, 1.54) is 5.56 Å². The Labute approximate surface area is 109 Å². The second-order valence-corrected chi connectivity index (χ2v) is 4.61. The molecule has 90 valence electrons. The van der Waals surface area contributed by atoms with Crippen molar-refractivity contribution in [3.8, 4) is 0 Å². The van der Waals surface area contributed by atoms with E-state index in [4.69, 9.17) is 10.3 Å². The standard InChI is InChI=1S/C13H15BrN2O/c14-13-11(8-9-17-13)12(16-15)7-6-10-4-2-1-3-5-10/h1-5,8-9,12,16H,6-7,15H2. The molecule has 0 radical (unpaired) electrons. The Morgan fingerprint density at radius 2 is 2.00 bits per heavy atom. The monoisotopic (exact) mass is 294 g/mol. The number of hydrogen-bond donors (Lipinski definition) is 2. The average Bonchev–Trinajstić information content (AvgIpc) is 2.78. The molecule has 2 rings (SSSR count). The molecule has 17 heavy (non-hydrogen) atoms. The maximum atomic E-state index is 5.58. The molecular weight excluding hydrogens is 280 g/mol. The second kappa shape index (κ2) is 6.00. The lowest BCUT2D eigenvalue weighted by atomic mass is 10.0. The Morgan fingerprint density at radius 3 is 2.59 bits per heavy atom. The second-order valence-electron chi connectivity index (χ2n) is 3.89. The molecule has 0 saturated carbocycles. The zero-order valence-corrected chi connectivity index (χ0v) is 11.0. The van der Waals surface area contributed by atoms with Gasteiger partial charge in [-0.2, -0.15) is 0 Å². The molecule has 0 aliphatic heterocycles. The van der Waals surface area contributed by atoms with Crippen molar-refractivity contribution in [1.29, 1.82) is 0 Å². The number of benzene rings is 1. The third-order valence-corrected chi connectivity index (χ3v) is 3.43. The Kier molecular flexibility index (Phi) is 4.36. The van der Waals surface area contributed by atoms with Gasteiger partial charge in [0.2, 0.25) is 0 Å². The van der Waals surface area contributed by atoms with Gasteiger partial charge in [-0.15, -0.1) is 0 Å². The van der Waals surface area contributed by atoms with Crippen LogP contribution in [-0.4, -0.2) is 0 Å². The Balaban J connectivity index is 2.00. The maximum absolute atomic E-state index is 5.58. The van der Waals surface area contributed by atoms with Crippen LogP contribution in [0.4, 0.5) is 0 Å². The molecular formula is C13H15BrN2O. The molecule has 3 N–H and O–H groups in total. The van der Waals surface area contributed by atoms with Crippen LogP contribution in [0.25, 0.3) is 0 Å². The van der Waals surface area contributed by atoms with Gasteiger partial charge in [0.05, 0.1) is 12.3 Å². The van der Waals surface area contributed by atoms with E-state index in [9.17, 15) is 0 Å². The number of rotatable bonds is 5. The predicted octanol–water partition coefficient (Wildman–Crippen LogP) is 3.18. The number of halogens is 1. The van der Waals surface area contributed by atoms with Crippen molar-refractivity contribution in [2.45, 2.75) is 18.9 Å². The summed E-state index contributed by atoms with van der Waals surface area (Å²) >= 11 is 3.37. The van der Waals surface area contributed by atoms with Crippen LogP contribution >= 0.6 is 15.9 Å². The number of aryl methyl sites for hydroxylation is 1. The van der Waals surface area contributed by atoms with Gasteiger partial charge in [0, 0.05) is 5.56 Å². The van der Waals surface area contributed by atoms with E-state index >= 15 is 0 Å². The number of nitrogens with two attached hydrogens (primary N) is 1. The summed E-state index contributed by atoms with van der Waals surface area (Å²) in [6.07, 6.45) is 3.57. The van der Waals surface area contributed by atoms with Crippen molar-refractivity contribution < 1.29 is 4.42 Å². The van der Waals surface area contributed by atoms with Crippen LogP contribution in [0.1, 0.15) is 23.6 Å². The van der Waals surface area contributed by atoms with E-state index in [1.54, 1.807) is 6.26 Å². The molecule has 0 amide bonds. The maximum Gasteiger partial charge on any atom is 0.173 e. The molecule has 3 nitrogen and oxygen atoms in total. The normalized spacial score (nSPS) is 12.6. The minimum atomic E-state index is 0.100. The fourth-order valence-electron chi connectivity index (χ4n) is 1.84. The quantitative estimate of drug-likeness (QED) is 0.658. The third-order valence-electron chi connectivity index (χ3n) is 2.79. The van der Waals surface area contributed by atoms with E-state index in [-0.39, 0.29) is 6.04 Å². The van der Waals surface area contributed by atoms with Crippen LogP contribution < -0.4 is 11.3 Å². The van der Waals surface area contributed by atoms with Crippen LogP contribution in [0.3, 0.4) is 0 Å². The molecule has 0 fully saturated rings. The number of hydrogen-bond acceptors (Lipinski definition) is 3. The molecule has 0 saturated heterocycles. The molecule has 4 heteroatoms. The van der Waals surface area contributed by atoms with Gasteiger partial charge in [-0.25, -0.2) is 0 Å². The summed E-state index contributed by atoms with van der Waals surface area (Å²) in [5.74, 6) is 5.58. The Bertz CT molecular complexity index is 455. The highest BCUT2D eigenvalue weighted by atomic mass is 79.9. The largest absolute Gasteiger partial charge is 0.457 e. The van der Waals surface area contributed by atoms with Crippen LogP contribution in [0.15, 0.2) is 51.7 Å². The smallest absolute Gasteiger partial charge is 0.173 e. The lowest BCUT2D eigenvalue weighted by molar-refractivity contribution is 0.489. The van der Waals surface area contributed by atoms with Gasteiger partial charge in [0.15, 0.2) is 4.67 Å². The summed E-state index contributed by atoms with van der Waals surface area (Å²) in [7, 11) is 0. The molecule has 1 heterocycles. The SMILES string of the molecule is NNC(CCc1ccccc1)c1ccoc1Br. The zero-order valence-electron chi connectivity index (χ0n) is 9.40. The lowest BCUT2D eigenvalue weighted by Gasteiger charge is -2.14. The molecule has 2 aromatic rings. The highest BCUT2D eigenvalue weighted by Crippen LogP contribution is 2.27. The van der Waals surface area contributed by atoms with Crippen molar-refractivity contribution in [3.63, 3.8) is 0 Å². The zero-order chi connectivity index (χ0) is 12.1. The number of hydrazine groups is 1. The van der Waals surface area contributed by atoms with Gasteiger partial charge in [-0.1, -0.05) is 30.3 Å². The van der Waals surface area contributed by atoms with Crippen molar-refractivity contribution >= 4 is 15.9 Å². The first kappa shape index (κ1) is 12.4. The van der Waals surface area contributed by atoms with Gasteiger partial charge in [-0.3, -0.25) is 11.3 Å². The number of furan rings is 1. The van der Waals surface area contributed by atoms with Crippen LogP contribution in [-0.2, 0) is 6.42 Å². The molecule has 1 aromatic heterocycles. The molecule has 1 unspecified atom stereocenters. The third kappa shape index (κ3) is 3.19. The first-order valence-electron chi connectivity index (χ1n) is 5.54. The molecule has 0 aliphatic rings. The van der Waals surface area contributed by atoms with Crippen LogP contribution in [0.5, 0.6) is 0 Å². The van der Waals surface area contributed by atoms with E-state index in [0.29, 0.717) is 0 Å². The van der Waals surface area contributed by atoms with E-state index in [1.807, 2.05) is 24.3 Å². The summed E-state index contributed by atoms with van der Waals surface area (Å²) < 4.78 is 5.96. The van der Waals surface area contributed by atoms with Gasteiger partial charge in [0.25, 0.3) is 0 Å². The predicted molar refractivity (Wildman–Crippen MR) is 71.2 cm³/mol. The summed E-state index contributed by atoms with van der Waals surface area (Å²) in [5.41, 5.74) is 5.20. The highest BCUT2D eigenvalue weighted by molar-refractivity contribution is 9.10. The Morgan fingerprint density at radius 1 is 1.24 bits per heavy atom. The van der Waals surface area contributed by atoms with Gasteiger partial charge in [0.1, 0.15) is 0 Å². The van der Waals surface area contributed by atoms with Crippen molar-refractivity contribution in [2.24, 2.45) is 5.84 Å². The van der Waals surface area contributed by atoms with Crippen molar-refractivity contribution in [3.05, 3.63) is 58.5 Å².